The monoisotopic (exact) mass is 319 g/mol. The summed E-state index contributed by atoms with van der Waals surface area (Å²) in [5.74, 6) is -0.827. The smallest absolute Gasteiger partial charge is 0.383 e. The molecule has 0 radical (unpaired) electrons. The Kier molecular flexibility index (Phi) is 12.6. The molecular formula is C13H29N5O4. The maximum Gasteiger partial charge on any atom is 0.383 e. The van der Waals surface area contributed by atoms with Crippen molar-refractivity contribution in [3.8, 4) is 0 Å². The summed E-state index contributed by atoms with van der Waals surface area (Å²) in [4.78, 5) is 22.2. The van der Waals surface area contributed by atoms with E-state index in [0.29, 0.717) is 38.9 Å². The number of esters is 1. The van der Waals surface area contributed by atoms with Crippen molar-refractivity contribution in [3.63, 3.8) is 0 Å². The van der Waals surface area contributed by atoms with Crippen LogP contribution in [0.5, 0.6) is 0 Å². The third-order valence-electron chi connectivity index (χ3n) is 3.26. The highest BCUT2D eigenvalue weighted by Gasteiger charge is 2.39. The number of hydrogen-bond donors (Lipinski definition) is 4. The normalized spacial score (nSPS) is 13.6. The van der Waals surface area contributed by atoms with Gasteiger partial charge in [-0.05, 0) is 58.4 Å². The fourth-order valence-corrected chi connectivity index (χ4v) is 2.08. The van der Waals surface area contributed by atoms with Crippen LogP contribution in [-0.2, 0) is 9.53 Å². The predicted octanol–water partition coefficient (Wildman–Crippen LogP) is -1.17. The summed E-state index contributed by atoms with van der Waals surface area (Å²) < 4.78 is 4.55. The van der Waals surface area contributed by atoms with Crippen LogP contribution in [0.3, 0.4) is 0 Å². The Bertz CT molecular complexity index is 317. The standard InChI is InChI=1S/C13H29N5O4/c1-22-13(19)12(18(20)21)11(17-10-4-7-15)5-2-8-16-9-3-6-14/h11-12,16-17H,2-10,14-15H2,1H3. The molecule has 0 fully saturated rings. The number of carbonyl (C=O) groups excluding carboxylic acids is 1. The van der Waals surface area contributed by atoms with Gasteiger partial charge in [-0.15, -0.1) is 0 Å². The van der Waals surface area contributed by atoms with Crippen molar-refractivity contribution >= 4 is 5.97 Å². The average Bonchev–Trinajstić information content (AvgIpc) is 2.49. The van der Waals surface area contributed by atoms with E-state index in [1.807, 2.05) is 0 Å². The molecule has 2 atom stereocenters. The van der Waals surface area contributed by atoms with Gasteiger partial charge < -0.3 is 26.8 Å². The molecule has 0 saturated heterocycles. The molecule has 9 nitrogen and oxygen atoms in total. The van der Waals surface area contributed by atoms with E-state index in [4.69, 9.17) is 11.5 Å². The average molecular weight is 319 g/mol. The largest absolute Gasteiger partial charge is 0.464 e. The van der Waals surface area contributed by atoms with Crippen molar-refractivity contribution in [2.75, 3.05) is 39.8 Å². The number of carbonyl (C=O) groups is 1. The second kappa shape index (κ2) is 13.4. The number of rotatable bonds is 14. The molecule has 0 aliphatic carbocycles. The molecule has 0 aromatic heterocycles. The number of methoxy groups -OCH3 is 1. The Morgan fingerprint density at radius 3 is 2.32 bits per heavy atom. The molecule has 6 N–H and O–H groups in total. The van der Waals surface area contributed by atoms with Crippen LogP contribution < -0.4 is 22.1 Å². The summed E-state index contributed by atoms with van der Waals surface area (Å²) in [7, 11) is 1.16. The van der Waals surface area contributed by atoms with Crippen LogP contribution in [0.1, 0.15) is 25.7 Å². The Morgan fingerprint density at radius 1 is 1.18 bits per heavy atom. The number of nitrogens with one attached hydrogen (secondary N) is 2. The van der Waals surface area contributed by atoms with Crippen molar-refractivity contribution in [1.82, 2.24) is 10.6 Å². The Morgan fingerprint density at radius 2 is 1.77 bits per heavy atom. The molecule has 0 spiro atoms. The van der Waals surface area contributed by atoms with E-state index in [2.05, 4.69) is 15.4 Å². The van der Waals surface area contributed by atoms with Crippen LogP contribution >= 0.6 is 0 Å². The van der Waals surface area contributed by atoms with Crippen molar-refractivity contribution in [3.05, 3.63) is 10.1 Å². The molecule has 0 rings (SSSR count). The SMILES string of the molecule is COC(=O)C(C(CCCNCCCN)NCCCN)[N+](=O)[O-]. The summed E-state index contributed by atoms with van der Waals surface area (Å²) in [6.07, 6.45) is 2.79. The molecular weight excluding hydrogens is 290 g/mol. The second-order valence-electron chi connectivity index (χ2n) is 4.99. The van der Waals surface area contributed by atoms with Gasteiger partial charge in [-0.1, -0.05) is 0 Å². The van der Waals surface area contributed by atoms with Gasteiger partial charge in [0.15, 0.2) is 0 Å². The van der Waals surface area contributed by atoms with Crippen LogP contribution in [-0.4, -0.2) is 62.8 Å². The van der Waals surface area contributed by atoms with Gasteiger partial charge in [0.2, 0.25) is 0 Å². The molecule has 2 unspecified atom stereocenters. The third kappa shape index (κ3) is 8.88. The predicted molar refractivity (Wildman–Crippen MR) is 84.0 cm³/mol. The molecule has 0 aromatic rings. The lowest BCUT2D eigenvalue weighted by Crippen LogP contribution is -2.50. The van der Waals surface area contributed by atoms with Crippen molar-refractivity contribution in [2.24, 2.45) is 11.5 Å². The van der Waals surface area contributed by atoms with Gasteiger partial charge in [-0.3, -0.25) is 10.1 Å². The summed E-state index contributed by atoms with van der Waals surface area (Å²) in [6, 6.07) is -1.96. The molecule has 0 saturated carbocycles. The van der Waals surface area contributed by atoms with Gasteiger partial charge >= 0.3 is 12.0 Å². The lowest BCUT2D eigenvalue weighted by Gasteiger charge is -2.20. The molecule has 0 bridgehead atoms. The number of nitrogens with two attached hydrogens (primary N) is 2. The minimum absolute atomic E-state index is 0.488. The first-order valence-electron chi connectivity index (χ1n) is 7.64. The molecule has 0 aromatic carbocycles. The van der Waals surface area contributed by atoms with Gasteiger partial charge in [0.05, 0.1) is 13.2 Å². The zero-order valence-electron chi connectivity index (χ0n) is 13.3. The fraction of sp³-hybridized carbons (Fsp3) is 0.923. The minimum Gasteiger partial charge on any atom is -0.464 e. The highest BCUT2D eigenvalue weighted by atomic mass is 16.6. The third-order valence-corrected chi connectivity index (χ3v) is 3.26. The van der Waals surface area contributed by atoms with Gasteiger partial charge in [0.25, 0.3) is 0 Å². The first-order valence-corrected chi connectivity index (χ1v) is 7.64. The van der Waals surface area contributed by atoms with Crippen LogP contribution in [0.2, 0.25) is 0 Å². The minimum atomic E-state index is -1.40. The quantitative estimate of drug-likeness (QED) is 0.136. The molecule has 9 heteroatoms. The number of nitro groups is 1. The van der Waals surface area contributed by atoms with Gasteiger partial charge in [0.1, 0.15) is 0 Å². The summed E-state index contributed by atoms with van der Waals surface area (Å²) in [5, 5.41) is 17.4. The zero-order chi connectivity index (χ0) is 16.8. The molecule has 0 aliphatic rings. The van der Waals surface area contributed by atoms with Crippen molar-refractivity contribution in [2.45, 2.75) is 37.8 Å². The van der Waals surface area contributed by atoms with Crippen molar-refractivity contribution < 1.29 is 14.5 Å². The summed E-state index contributed by atoms with van der Waals surface area (Å²) in [6.45, 7) is 3.19. The van der Waals surface area contributed by atoms with Crippen LogP contribution in [0, 0.1) is 10.1 Å². The van der Waals surface area contributed by atoms with Crippen LogP contribution in [0.4, 0.5) is 0 Å². The van der Waals surface area contributed by atoms with Crippen LogP contribution in [0.15, 0.2) is 0 Å². The molecule has 130 valence electrons. The number of nitrogens with zero attached hydrogens (tertiary/aromatic N) is 1. The molecule has 0 amide bonds. The lowest BCUT2D eigenvalue weighted by atomic mass is 10.0. The van der Waals surface area contributed by atoms with E-state index >= 15 is 0 Å². The lowest BCUT2D eigenvalue weighted by molar-refractivity contribution is -0.514. The first kappa shape index (κ1) is 20.7. The van der Waals surface area contributed by atoms with E-state index in [-0.39, 0.29) is 0 Å². The topological polar surface area (TPSA) is 146 Å². The second-order valence-corrected chi connectivity index (χ2v) is 4.99. The van der Waals surface area contributed by atoms with E-state index in [1.54, 1.807) is 0 Å². The van der Waals surface area contributed by atoms with E-state index < -0.39 is 23.0 Å². The zero-order valence-corrected chi connectivity index (χ0v) is 13.3. The van der Waals surface area contributed by atoms with E-state index in [9.17, 15) is 14.9 Å². The highest BCUT2D eigenvalue weighted by Crippen LogP contribution is 2.08. The fourth-order valence-electron chi connectivity index (χ4n) is 2.08. The number of hydrogen-bond acceptors (Lipinski definition) is 8. The Balaban J connectivity index is 4.44. The first-order chi connectivity index (χ1) is 10.6. The Hall–Kier alpha value is -1.29. The summed E-state index contributed by atoms with van der Waals surface area (Å²) in [5.41, 5.74) is 10.8. The molecule has 22 heavy (non-hydrogen) atoms. The Labute approximate surface area is 131 Å². The van der Waals surface area contributed by atoms with E-state index in [1.165, 1.54) is 0 Å². The summed E-state index contributed by atoms with van der Waals surface area (Å²) >= 11 is 0. The maximum absolute atomic E-state index is 11.6. The van der Waals surface area contributed by atoms with Gasteiger partial charge in [-0.25, -0.2) is 4.79 Å². The van der Waals surface area contributed by atoms with Gasteiger partial charge in [0, 0.05) is 4.92 Å². The maximum atomic E-state index is 11.6. The van der Waals surface area contributed by atoms with Gasteiger partial charge in [-0.2, -0.15) is 0 Å². The van der Waals surface area contributed by atoms with E-state index in [0.717, 1.165) is 26.6 Å². The molecule has 0 heterocycles. The molecule has 0 aliphatic heterocycles. The number of ether oxygens (including phenoxy) is 1. The van der Waals surface area contributed by atoms with Crippen molar-refractivity contribution in [1.29, 1.82) is 0 Å². The highest BCUT2D eigenvalue weighted by molar-refractivity contribution is 5.75. The van der Waals surface area contributed by atoms with Crippen LogP contribution in [0.25, 0.3) is 0 Å².